The minimum absolute atomic E-state index is 0.201. The Bertz CT molecular complexity index is 369. The Morgan fingerprint density at radius 3 is 3.00 bits per heavy atom. The molecule has 0 atom stereocenters. The van der Waals surface area contributed by atoms with Crippen LogP contribution in [-0.4, -0.2) is 40.3 Å². The first-order valence-electron chi connectivity index (χ1n) is 5.51. The fraction of sp³-hybridized carbons (Fsp3) is 0.545. The van der Waals surface area contributed by atoms with Gasteiger partial charge in [0.05, 0.1) is 6.10 Å². The number of carbonyl (C=O) groups is 1. The fourth-order valence-electron chi connectivity index (χ4n) is 1.17. The molecule has 0 unspecified atom stereocenters. The van der Waals surface area contributed by atoms with Crippen LogP contribution in [0.4, 0.5) is 5.82 Å². The monoisotopic (exact) mass is 239 g/mol. The highest BCUT2D eigenvalue weighted by Gasteiger charge is 2.06. The van der Waals surface area contributed by atoms with Gasteiger partial charge in [0, 0.05) is 19.3 Å². The first kappa shape index (κ1) is 13.4. The van der Waals surface area contributed by atoms with Gasteiger partial charge in [-0.15, -0.1) is 0 Å². The number of ether oxygens (including phenoxy) is 1. The summed E-state index contributed by atoms with van der Waals surface area (Å²) >= 11 is 0. The SMILES string of the molecule is CC(C)OCCCNc1ccnc(C(=O)O)n1. The summed E-state index contributed by atoms with van der Waals surface area (Å²) in [5, 5.41) is 11.7. The molecule has 0 saturated heterocycles. The molecule has 0 aliphatic rings. The van der Waals surface area contributed by atoms with Crippen molar-refractivity contribution < 1.29 is 14.6 Å². The molecule has 6 heteroatoms. The van der Waals surface area contributed by atoms with Crippen LogP contribution in [0.5, 0.6) is 0 Å². The predicted molar refractivity (Wildman–Crippen MR) is 63.2 cm³/mol. The van der Waals surface area contributed by atoms with Crippen LogP contribution in [-0.2, 0) is 4.74 Å². The van der Waals surface area contributed by atoms with Gasteiger partial charge in [-0.1, -0.05) is 0 Å². The van der Waals surface area contributed by atoms with E-state index in [-0.39, 0.29) is 11.9 Å². The Labute approximate surface area is 100 Å². The Balaban J connectivity index is 2.31. The van der Waals surface area contributed by atoms with Crippen LogP contribution in [0.2, 0.25) is 0 Å². The number of hydrogen-bond acceptors (Lipinski definition) is 5. The van der Waals surface area contributed by atoms with Crippen molar-refractivity contribution in [3.63, 3.8) is 0 Å². The third kappa shape index (κ3) is 5.26. The van der Waals surface area contributed by atoms with Crippen molar-refractivity contribution in [1.82, 2.24) is 9.97 Å². The number of nitrogens with zero attached hydrogens (tertiary/aromatic N) is 2. The van der Waals surface area contributed by atoms with Gasteiger partial charge in [0.1, 0.15) is 5.82 Å². The molecule has 0 aromatic carbocycles. The van der Waals surface area contributed by atoms with E-state index in [2.05, 4.69) is 15.3 Å². The van der Waals surface area contributed by atoms with Crippen LogP contribution in [0, 0.1) is 0 Å². The number of aromatic carboxylic acids is 1. The summed E-state index contributed by atoms with van der Waals surface area (Å²) in [7, 11) is 0. The van der Waals surface area contributed by atoms with Crippen molar-refractivity contribution in [2.75, 3.05) is 18.5 Å². The second-order valence-electron chi connectivity index (χ2n) is 3.77. The molecule has 0 aliphatic carbocycles. The van der Waals surface area contributed by atoms with Crippen LogP contribution in [0.25, 0.3) is 0 Å². The Kier molecular flexibility index (Phi) is 5.35. The van der Waals surface area contributed by atoms with E-state index in [1.54, 1.807) is 6.07 Å². The molecule has 0 spiro atoms. The Hall–Kier alpha value is -1.69. The number of hydrogen-bond donors (Lipinski definition) is 2. The van der Waals surface area contributed by atoms with E-state index in [0.717, 1.165) is 6.42 Å². The van der Waals surface area contributed by atoms with Gasteiger partial charge in [-0.3, -0.25) is 0 Å². The zero-order valence-corrected chi connectivity index (χ0v) is 10.0. The van der Waals surface area contributed by atoms with Gasteiger partial charge in [0.15, 0.2) is 0 Å². The maximum absolute atomic E-state index is 10.6. The van der Waals surface area contributed by atoms with Crippen molar-refractivity contribution in [3.8, 4) is 0 Å². The molecule has 1 aromatic rings. The molecule has 0 aliphatic heterocycles. The lowest BCUT2D eigenvalue weighted by Crippen LogP contribution is -2.11. The van der Waals surface area contributed by atoms with Crippen molar-refractivity contribution in [2.45, 2.75) is 26.4 Å². The summed E-state index contributed by atoms with van der Waals surface area (Å²) in [6.45, 7) is 5.32. The summed E-state index contributed by atoms with van der Waals surface area (Å²) in [4.78, 5) is 18.1. The standard InChI is InChI=1S/C11H17N3O3/c1-8(2)17-7-3-5-12-9-4-6-13-10(14-9)11(15)16/h4,6,8H,3,5,7H2,1-2H3,(H,15,16)(H,12,13,14). The second kappa shape index (κ2) is 6.80. The van der Waals surface area contributed by atoms with E-state index in [0.29, 0.717) is 19.0 Å². The predicted octanol–water partition coefficient (Wildman–Crippen LogP) is 1.40. The molecule has 1 aromatic heterocycles. The van der Waals surface area contributed by atoms with E-state index >= 15 is 0 Å². The van der Waals surface area contributed by atoms with E-state index in [1.165, 1.54) is 6.20 Å². The van der Waals surface area contributed by atoms with Gasteiger partial charge in [0.25, 0.3) is 0 Å². The average molecular weight is 239 g/mol. The largest absolute Gasteiger partial charge is 0.475 e. The van der Waals surface area contributed by atoms with Crippen molar-refractivity contribution in [1.29, 1.82) is 0 Å². The third-order valence-corrected chi connectivity index (χ3v) is 1.93. The number of carboxylic acids is 1. The van der Waals surface area contributed by atoms with E-state index in [4.69, 9.17) is 9.84 Å². The van der Waals surface area contributed by atoms with Crippen LogP contribution in [0.1, 0.15) is 30.9 Å². The van der Waals surface area contributed by atoms with Crippen molar-refractivity contribution in [3.05, 3.63) is 18.1 Å². The molecule has 0 amide bonds. The molecular weight excluding hydrogens is 222 g/mol. The van der Waals surface area contributed by atoms with Crippen molar-refractivity contribution >= 4 is 11.8 Å². The molecule has 6 nitrogen and oxygen atoms in total. The van der Waals surface area contributed by atoms with Gasteiger partial charge in [-0.25, -0.2) is 14.8 Å². The molecule has 2 N–H and O–H groups in total. The van der Waals surface area contributed by atoms with Gasteiger partial charge in [0.2, 0.25) is 5.82 Å². The summed E-state index contributed by atoms with van der Waals surface area (Å²) in [5.74, 6) is -0.813. The first-order valence-corrected chi connectivity index (χ1v) is 5.51. The topological polar surface area (TPSA) is 84.3 Å². The molecule has 1 heterocycles. The minimum Gasteiger partial charge on any atom is -0.475 e. The lowest BCUT2D eigenvalue weighted by molar-refractivity contribution is 0.0683. The molecule has 0 saturated carbocycles. The quantitative estimate of drug-likeness (QED) is 0.700. The molecule has 17 heavy (non-hydrogen) atoms. The number of rotatable bonds is 7. The van der Waals surface area contributed by atoms with E-state index < -0.39 is 5.97 Å². The lowest BCUT2D eigenvalue weighted by Gasteiger charge is -2.08. The zero-order chi connectivity index (χ0) is 12.7. The molecular formula is C11H17N3O3. The molecule has 0 radical (unpaired) electrons. The normalized spacial score (nSPS) is 10.5. The molecule has 94 valence electrons. The number of nitrogens with one attached hydrogen (secondary N) is 1. The summed E-state index contributed by atoms with van der Waals surface area (Å²) < 4.78 is 5.37. The maximum Gasteiger partial charge on any atom is 0.374 e. The van der Waals surface area contributed by atoms with Crippen LogP contribution in [0.15, 0.2) is 12.3 Å². The van der Waals surface area contributed by atoms with Gasteiger partial charge < -0.3 is 15.2 Å². The number of carboxylic acid groups (broad SMARTS) is 1. The highest BCUT2D eigenvalue weighted by molar-refractivity contribution is 5.83. The molecule has 1 rings (SSSR count). The summed E-state index contributed by atoms with van der Waals surface area (Å²) in [5.41, 5.74) is 0. The van der Waals surface area contributed by atoms with Crippen LogP contribution < -0.4 is 5.32 Å². The lowest BCUT2D eigenvalue weighted by atomic mass is 10.4. The van der Waals surface area contributed by atoms with Gasteiger partial charge >= 0.3 is 5.97 Å². The number of anilines is 1. The second-order valence-corrected chi connectivity index (χ2v) is 3.77. The Morgan fingerprint density at radius 1 is 1.59 bits per heavy atom. The van der Waals surface area contributed by atoms with Gasteiger partial charge in [-0.2, -0.15) is 0 Å². The molecule has 0 bridgehead atoms. The molecule has 0 fully saturated rings. The number of aromatic nitrogens is 2. The summed E-state index contributed by atoms with van der Waals surface area (Å²) in [6.07, 6.45) is 2.49. The summed E-state index contributed by atoms with van der Waals surface area (Å²) in [6, 6.07) is 1.63. The van der Waals surface area contributed by atoms with E-state index in [9.17, 15) is 4.79 Å². The average Bonchev–Trinajstić information content (AvgIpc) is 2.28. The van der Waals surface area contributed by atoms with Crippen molar-refractivity contribution in [2.24, 2.45) is 0 Å². The zero-order valence-electron chi connectivity index (χ0n) is 10.0. The first-order chi connectivity index (χ1) is 8.09. The van der Waals surface area contributed by atoms with Crippen LogP contribution in [0.3, 0.4) is 0 Å². The third-order valence-electron chi connectivity index (χ3n) is 1.93. The van der Waals surface area contributed by atoms with Gasteiger partial charge in [-0.05, 0) is 26.3 Å². The highest BCUT2D eigenvalue weighted by atomic mass is 16.5. The van der Waals surface area contributed by atoms with E-state index in [1.807, 2.05) is 13.8 Å². The minimum atomic E-state index is -1.13. The highest BCUT2D eigenvalue weighted by Crippen LogP contribution is 2.02. The Morgan fingerprint density at radius 2 is 2.35 bits per heavy atom. The maximum atomic E-state index is 10.6. The van der Waals surface area contributed by atoms with Crippen LogP contribution >= 0.6 is 0 Å². The fourth-order valence-corrected chi connectivity index (χ4v) is 1.17. The smallest absolute Gasteiger partial charge is 0.374 e.